The van der Waals surface area contributed by atoms with E-state index in [1.807, 2.05) is 42.5 Å². The number of amides is 1. The van der Waals surface area contributed by atoms with Crippen molar-refractivity contribution in [1.29, 1.82) is 0 Å². The minimum Gasteiger partial charge on any atom is -0.308 e. The summed E-state index contributed by atoms with van der Waals surface area (Å²) in [6.45, 7) is 3.80. The van der Waals surface area contributed by atoms with Gasteiger partial charge in [-0.25, -0.2) is 8.42 Å². The van der Waals surface area contributed by atoms with Gasteiger partial charge in [0.2, 0.25) is 15.9 Å². The molecule has 0 saturated carbocycles. The van der Waals surface area contributed by atoms with Crippen LogP contribution in [0.4, 0.5) is 11.4 Å². The van der Waals surface area contributed by atoms with Crippen molar-refractivity contribution in [1.82, 2.24) is 0 Å². The third-order valence-corrected chi connectivity index (χ3v) is 6.11. The highest BCUT2D eigenvalue weighted by Crippen LogP contribution is 2.32. The molecule has 0 radical (unpaired) electrons. The molecule has 2 aromatic rings. The maximum atomic E-state index is 12.4. The summed E-state index contributed by atoms with van der Waals surface area (Å²) in [7, 11) is -3.38. The Morgan fingerprint density at radius 1 is 1.08 bits per heavy atom. The Labute approximate surface area is 148 Å². The molecule has 5 nitrogen and oxygen atoms in total. The quantitative estimate of drug-likeness (QED) is 0.892. The van der Waals surface area contributed by atoms with Crippen molar-refractivity contribution in [3.63, 3.8) is 0 Å². The highest BCUT2D eigenvalue weighted by atomic mass is 32.2. The Morgan fingerprint density at radius 2 is 1.80 bits per heavy atom. The monoisotopic (exact) mass is 358 g/mol. The van der Waals surface area contributed by atoms with E-state index >= 15 is 0 Å². The number of carbonyl (C=O) groups is 1. The van der Waals surface area contributed by atoms with Gasteiger partial charge in [-0.1, -0.05) is 30.3 Å². The third-order valence-electron chi connectivity index (χ3n) is 4.34. The molecular formula is C19H22N2O3S. The number of fused-ring (bicyclic) bond motifs is 1. The highest BCUT2D eigenvalue weighted by Gasteiger charge is 2.25. The largest absolute Gasteiger partial charge is 0.308 e. The minimum absolute atomic E-state index is 0.0897. The lowest BCUT2D eigenvalue weighted by Crippen LogP contribution is -2.34. The Bertz CT molecular complexity index is 877. The molecule has 0 fully saturated rings. The van der Waals surface area contributed by atoms with Crippen LogP contribution in [0, 0.1) is 0 Å². The maximum absolute atomic E-state index is 12.4. The number of carbonyl (C=O) groups excluding carboxylic acids is 1. The molecule has 0 saturated heterocycles. The Hall–Kier alpha value is -2.34. The second-order valence-electron chi connectivity index (χ2n) is 6.50. The summed E-state index contributed by atoms with van der Waals surface area (Å²) in [4.78, 5) is 14.2. The highest BCUT2D eigenvalue weighted by molar-refractivity contribution is 7.93. The van der Waals surface area contributed by atoms with Crippen molar-refractivity contribution in [3.8, 4) is 0 Å². The molecule has 0 aliphatic carbocycles. The van der Waals surface area contributed by atoms with Gasteiger partial charge in [0, 0.05) is 17.8 Å². The summed E-state index contributed by atoms with van der Waals surface area (Å²) in [5, 5.41) is -0.500. The van der Waals surface area contributed by atoms with Gasteiger partial charge in [0.05, 0.1) is 11.8 Å². The summed E-state index contributed by atoms with van der Waals surface area (Å²) in [6.07, 6.45) is 1.05. The van der Waals surface area contributed by atoms with Crippen molar-refractivity contribution in [2.24, 2.45) is 0 Å². The number of anilines is 2. The topological polar surface area (TPSA) is 66.5 Å². The van der Waals surface area contributed by atoms with Crippen molar-refractivity contribution in [3.05, 3.63) is 59.7 Å². The molecule has 1 heterocycles. The molecule has 0 atom stereocenters. The average Bonchev–Trinajstić information content (AvgIpc) is 2.58. The normalized spacial score (nSPS) is 14.5. The second-order valence-corrected chi connectivity index (χ2v) is 8.74. The number of aryl methyl sites for hydroxylation is 1. The maximum Gasteiger partial charge on any atom is 0.235 e. The van der Waals surface area contributed by atoms with Crippen LogP contribution < -0.4 is 9.62 Å². The van der Waals surface area contributed by atoms with Gasteiger partial charge in [-0.05, 0) is 49.6 Å². The first-order valence-electron chi connectivity index (χ1n) is 8.35. The molecule has 132 valence electrons. The van der Waals surface area contributed by atoms with Gasteiger partial charge in [0.25, 0.3) is 0 Å². The summed E-state index contributed by atoms with van der Waals surface area (Å²) >= 11 is 0. The number of nitrogens with zero attached hydrogens (tertiary/aromatic N) is 1. The number of hydrogen-bond donors (Lipinski definition) is 1. The molecule has 0 spiro atoms. The van der Waals surface area contributed by atoms with Crippen LogP contribution in [-0.4, -0.2) is 19.6 Å². The zero-order valence-corrected chi connectivity index (χ0v) is 15.2. The van der Waals surface area contributed by atoms with Crippen LogP contribution in [0.15, 0.2) is 48.5 Å². The molecule has 25 heavy (non-hydrogen) atoms. The van der Waals surface area contributed by atoms with Crippen LogP contribution >= 0.6 is 0 Å². The number of benzene rings is 2. The van der Waals surface area contributed by atoms with E-state index in [1.165, 1.54) is 0 Å². The summed E-state index contributed by atoms with van der Waals surface area (Å²) < 4.78 is 26.7. The molecule has 0 unspecified atom stereocenters. The van der Waals surface area contributed by atoms with Gasteiger partial charge in [-0.3, -0.25) is 9.52 Å². The van der Waals surface area contributed by atoms with Crippen LogP contribution in [0.25, 0.3) is 0 Å². The lowest BCUT2D eigenvalue weighted by atomic mass is 10.00. The SMILES string of the molecule is CC(C)S(=O)(=O)Nc1ccc2c(c1)CCC(=O)N2Cc1ccccc1. The molecule has 0 bridgehead atoms. The van der Waals surface area contributed by atoms with Crippen LogP contribution in [0.1, 0.15) is 31.4 Å². The fourth-order valence-electron chi connectivity index (χ4n) is 2.84. The first-order chi connectivity index (χ1) is 11.9. The Balaban J connectivity index is 1.88. The van der Waals surface area contributed by atoms with Gasteiger partial charge in [0.1, 0.15) is 0 Å². The average molecular weight is 358 g/mol. The van der Waals surface area contributed by atoms with Crippen LogP contribution in [0.5, 0.6) is 0 Å². The molecule has 3 rings (SSSR count). The van der Waals surface area contributed by atoms with Crippen molar-refractivity contribution in [2.75, 3.05) is 9.62 Å². The summed E-state index contributed by atoms with van der Waals surface area (Å²) in [5.41, 5.74) is 3.45. The minimum atomic E-state index is -3.38. The van der Waals surface area contributed by atoms with Gasteiger partial charge in [0.15, 0.2) is 0 Å². The zero-order chi connectivity index (χ0) is 18.0. The lowest BCUT2D eigenvalue weighted by Gasteiger charge is -2.30. The first-order valence-corrected chi connectivity index (χ1v) is 9.90. The molecule has 1 aliphatic rings. The predicted molar refractivity (Wildman–Crippen MR) is 100 cm³/mol. The molecule has 2 aromatic carbocycles. The molecule has 1 aliphatic heterocycles. The number of nitrogens with one attached hydrogen (secondary N) is 1. The molecule has 1 N–H and O–H groups in total. The van der Waals surface area contributed by atoms with Crippen LogP contribution in [-0.2, 0) is 27.8 Å². The van der Waals surface area contributed by atoms with E-state index in [4.69, 9.17) is 0 Å². The predicted octanol–water partition coefficient (Wildman–Crippen LogP) is 3.32. The molecule has 0 aromatic heterocycles. The van der Waals surface area contributed by atoms with Gasteiger partial charge in [-0.2, -0.15) is 0 Å². The third kappa shape index (κ3) is 3.85. The molecular weight excluding hydrogens is 336 g/mol. The smallest absolute Gasteiger partial charge is 0.235 e. The number of sulfonamides is 1. The van der Waals surface area contributed by atoms with E-state index in [1.54, 1.807) is 24.8 Å². The van der Waals surface area contributed by atoms with Crippen molar-refractivity contribution >= 4 is 27.3 Å². The van der Waals surface area contributed by atoms with Crippen LogP contribution in [0.3, 0.4) is 0 Å². The van der Waals surface area contributed by atoms with Crippen molar-refractivity contribution in [2.45, 2.75) is 38.5 Å². The van der Waals surface area contributed by atoms with Gasteiger partial charge >= 0.3 is 0 Å². The Morgan fingerprint density at radius 3 is 2.48 bits per heavy atom. The fraction of sp³-hybridized carbons (Fsp3) is 0.316. The second kappa shape index (κ2) is 6.88. The van der Waals surface area contributed by atoms with Gasteiger partial charge < -0.3 is 4.90 Å². The number of rotatable bonds is 5. The first kappa shape index (κ1) is 17.5. The molecule has 1 amide bonds. The van der Waals surface area contributed by atoms with E-state index in [2.05, 4.69) is 4.72 Å². The fourth-order valence-corrected chi connectivity index (χ4v) is 3.54. The standard InChI is InChI=1S/C19H22N2O3S/c1-14(2)25(23,24)20-17-9-10-18-16(12-17)8-11-19(22)21(18)13-15-6-4-3-5-7-15/h3-7,9-10,12,14,20H,8,11,13H2,1-2H3. The Kier molecular flexibility index (Phi) is 4.81. The summed E-state index contributed by atoms with van der Waals surface area (Å²) in [6, 6.07) is 15.2. The van der Waals surface area contributed by atoms with Gasteiger partial charge in [-0.15, -0.1) is 0 Å². The zero-order valence-electron chi connectivity index (χ0n) is 14.4. The van der Waals surface area contributed by atoms with E-state index < -0.39 is 15.3 Å². The molecule has 6 heteroatoms. The lowest BCUT2D eigenvalue weighted by molar-refractivity contribution is -0.119. The van der Waals surface area contributed by atoms with E-state index in [0.717, 1.165) is 16.8 Å². The van der Waals surface area contributed by atoms with E-state index in [-0.39, 0.29) is 5.91 Å². The van der Waals surface area contributed by atoms with Crippen LogP contribution in [0.2, 0.25) is 0 Å². The number of hydrogen-bond acceptors (Lipinski definition) is 3. The summed E-state index contributed by atoms with van der Waals surface area (Å²) in [5.74, 6) is 0.0897. The van der Waals surface area contributed by atoms with E-state index in [0.29, 0.717) is 25.1 Å². The van der Waals surface area contributed by atoms with E-state index in [9.17, 15) is 13.2 Å². The van der Waals surface area contributed by atoms with Crippen molar-refractivity contribution < 1.29 is 13.2 Å².